The molecule has 2 N–H and O–H groups in total. The number of aromatic nitrogens is 1. The summed E-state index contributed by atoms with van der Waals surface area (Å²) in [6.45, 7) is 2.04. The van der Waals surface area contributed by atoms with E-state index in [9.17, 15) is 0 Å². The van der Waals surface area contributed by atoms with Crippen LogP contribution < -0.4 is 5.73 Å². The SMILES string of the molecule is CC(N)c1sc(Cc2cccc(Cl)c2)nc1C1CC1. The molecule has 0 aliphatic heterocycles. The molecule has 1 atom stereocenters. The Morgan fingerprint density at radius 2 is 2.26 bits per heavy atom. The third kappa shape index (κ3) is 2.99. The second kappa shape index (κ2) is 5.23. The van der Waals surface area contributed by atoms with E-state index >= 15 is 0 Å². The maximum Gasteiger partial charge on any atom is 0.0975 e. The largest absolute Gasteiger partial charge is 0.323 e. The van der Waals surface area contributed by atoms with Gasteiger partial charge in [-0.15, -0.1) is 11.3 Å². The smallest absolute Gasteiger partial charge is 0.0975 e. The molecule has 4 heteroatoms. The molecule has 1 unspecified atom stereocenters. The molecule has 0 saturated heterocycles. The van der Waals surface area contributed by atoms with E-state index in [4.69, 9.17) is 22.3 Å². The molecule has 1 aromatic heterocycles. The summed E-state index contributed by atoms with van der Waals surface area (Å²) in [6, 6.07) is 8.07. The Hall–Kier alpha value is -0.900. The Kier molecular flexibility index (Phi) is 3.61. The summed E-state index contributed by atoms with van der Waals surface area (Å²) in [5.74, 6) is 0.658. The van der Waals surface area contributed by atoms with E-state index in [0.717, 1.165) is 16.5 Å². The number of nitrogens with zero attached hydrogens (tertiary/aromatic N) is 1. The summed E-state index contributed by atoms with van der Waals surface area (Å²) in [7, 11) is 0. The first-order chi connectivity index (χ1) is 9.13. The number of halogens is 1. The number of hydrogen-bond donors (Lipinski definition) is 1. The fourth-order valence-electron chi connectivity index (χ4n) is 2.26. The first-order valence-corrected chi connectivity index (χ1v) is 7.82. The van der Waals surface area contributed by atoms with Gasteiger partial charge in [0.25, 0.3) is 0 Å². The summed E-state index contributed by atoms with van der Waals surface area (Å²) >= 11 is 7.78. The van der Waals surface area contributed by atoms with Crippen LogP contribution in [0.3, 0.4) is 0 Å². The Morgan fingerprint density at radius 1 is 1.47 bits per heavy atom. The van der Waals surface area contributed by atoms with Crippen LogP contribution in [0, 0.1) is 0 Å². The van der Waals surface area contributed by atoms with Gasteiger partial charge in [0.2, 0.25) is 0 Å². The Bertz CT molecular complexity index is 568. The van der Waals surface area contributed by atoms with E-state index < -0.39 is 0 Å². The van der Waals surface area contributed by atoms with Crippen molar-refractivity contribution >= 4 is 22.9 Å². The average Bonchev–Trinajstić information content (AvgIpc) is 3.11. The molecule has 1 aromatic carbocycles. The van der Waals surface area contributed by atoms with Gasteiger partial charge in [0, 0.05) is 28.3 Å². The number of rotatable bonds is 4. The summed E-state index contributed by atoms with van der Waals surface area (Å²) in [5, 5.41) is 1.93. The number of nitrogens with two attached hydrogens (primary N) is 1. The molecule has 0 bridgehead atoms. The summed E-state index contributed by atoms with van der Waals surface area (Å²) < 4.78 is 0. The summed E-state index contributed by atoms with van der Waals surface area (Å²) in [4.78, 5) is 6.08. The molecule has 3 rings (SSSR count). The van der Waals surface area contributed by atoms with Gasteiger partial charge < -0.3 is 5.73 Å². The number of thiazole rings is 1. The van der Waals surface area contributed by atoms with Crippen molar-refractivity contribution in [2.45, 2.75) is 38.1 Å². The van der Waals surface area contributed by atoms with E-state index in [0.29, 0.717) is 5.92 Å². The lowest BCUT2D eigenvalue weighted by molar-refractivity contribution is 0.810. The van der Waals surface area contributed by atoms with Crippen molar-refractivity contribution in [3.63, 3.8) is 0 Å². The Morgan fingerprint density at radius 3 is 2.89 bits per heavy atom. The zero-order valence-electron chi connectivity index (χ0n) is 10.9. The van der Waals surface area contributed by atoms with Crippen molar-refractivity contribution in [1.29, 1.82) is 0 Å². The van der Waals surface area contributed by atoms with Crippen molar-refractivity contribution in [1.82, 2.24) is 4.98 Å². The zero-order chi connectivity index (χ0) is 13.4. The second-order valence-corrected chi connectivity index (χ2v) is 6.78. The van der Waals surface area contributed by atoms with Gasteiger partial charge in [-0.25, -0.2) is 4.98 Å². The predicted molar refractivity (Wildman–Crippen MR) is 80.9 cm³/mol. The lowest BCUT2D eigenvalue weighted by atomic mass is 10.1. The molecule has 0 radical (unpaired) electrons. The van der Waals surface area contributed by atoms with Crippen molar-refractivity contribution in [3.05, 3.63) is 50.4 Å². The van der Waals surface area contributed by atoms with Crippen LogP contribution in [-0.4, -0.2) is 4.98 Å². The highest BCUT2D eigenvalue weighted by Crippen LogP contribution is 2.44. The fraction of sp³-hybridized carbons (Fsp3) is 0.400. The lowest BCUT2D eigenvalue weighted by Crippen LogP contribution is -2.05. The molecule has 19 heavy (non-hydrogen) atoms. The molecule has 2 nitrogen and oxygen atoms in total. The number of benzene rings is 1. The van der Waals surface area contributed by atoms with Crippen molar-refractivity contribution in [2.24, 2.45) is 5.73 Å². The van der Waals surface area contributed by atoms with Crippen LogP contribution in [0.1, 0.15) is 52.9 Å². The van der Waals surface area contributed by atoms with Crippen LogP contribution in [0.4, 0.5) is 0 Å². The minimum Gasteiger partial charge on any atom is -0.323 e. The van der Waals surface area contributed by atoms with E-state index in [1.807, 2.05) is 25.1 Å². The Labute approximate surface area is 122 Å². The predicted octanol–water partition coefficient (Wildman–Crippen LogP) is 4.28. The summed E-state index contributed by atoms with van der Waals surface area (Å²) in [6.07, 6.45) is 3.37. The Balaban J connectivity index is 1.87. The molecule has 0 spiro atoms. The number of hydrogen-bond acceptors (Lipinski definition) is 3. The molecule has 1 aliphatic carbocycles. The van der Waals surface area contributed by atoms with E-state index in [2.05, 4.69) is 6.07 Å². The van der Waals surface area contributed by atoms with Gasteiger partial charge in [-0.3, -0.25) is 0 Å². The van der Waals surface area contributed by atoms with Crippen LogP contribution in [-0.2, 0) is 6.42 Å². The maximum absolute atomic E-state index is 6.06. The molecule has 1 saturated carbocycles. The van der Waals surface area contributed by atoms with Gasteiger partial charge >= 0.3 is 0 Å². The molecule has 1 heterocycles. The van der Waals surface area contributed by atoms with Gasteiger partial charge in [-0.1, -0.05) is 23.7 Å². The average molecular weight is 293 g/mol. The van der Waals surface area contributed by atoms with Crippen LogP contribution in [0.25, 0.3) is 0 Å². The van der Waals surface area contributed by atoms with Crippen molar-refractivity contribution < 1.29 is 0 Å². The molecular weight excluding hydrogens is 276 g/mol. The van der Waals surface area contributed by atoms with Gasteiger partial charge in [0.15, 0.2) is 0 Å². The van der Waals surface area contributed by atoms with E-state index in [1.54, 1.807) is 11.3 Å². The molecule has 1 fully saturated rings. The third-order valence-electron chi connectivity index (χ3n) is 3.35. The lowest BCUT2D eigenvalue weighted by Gasteiger charge is -2.02. The first-order valence-electron chi connectivity index (χ1n) is 6.63. The molecule has 2 aromatic rings. The van der Waals surface area contributed by atoms with Crippen LogP contribution in [0.5, 0.6) is 0 Å². The van der Waals surface area contributed by atoms with Crippen LogP contribution in [0.2, 0.25) is 5.02 Å². The molecule has 0 amide bonds. The maximum atomic E-state index is 6.06. The molecule has 100 valence electrons. The third-order valence-corrected chi connectivity index (χ3v) is 4.85. The van der Waals surface area contributed by atoms with Gasteiger partial charge in [-0.05, 0) is 37.5 Å². The van der Waals surface area contributed by atoms with Crippen LogP contribution >= 0.6 is 22.9 Å². The van der Waals surface area contributed by atoms with Gasteiger partial charge in [0.1, 0.15) is 0 Å². The minimum atomic E-state index is 0.0845. The van der Waals surface area contributed by atoms with Crippen molar-refractivity contribution in [3.8, 4) is 0 Å². The molecular formula is C15H17ClN2S. The van der Waals surface area contributed by atoms with E-state index in [1.165, 1.54) is 29.0 Å². The van der Waals surface area contributed by atoms with E-state index in [-0.39, 0.29) is 6.04 Å². The quantitative estimate of drug-likeness (QED) is 0.913. The molecule has 1 aliphatic rings. The standard InChI is InChI=1S/C15H17ClN2S/c1-9(17)15-14(11-5-6-11)18-13(19-15)8-10-3-2-4-12(16)7-10/h2-4,7,9,11H,5-6,8,17H2,1H3. The first kappa shape index (κ1) is 13.1. The van der Waals surface area contributed by atoms with Crippen molar-refractivity contribution in [2.75, 3.05) is 0 Å². The van der Waals surface area contributed by atoms with Crippen LogP contribution in [0.15, 0.2) is 24.3 Å². The van der Waals surface area contributed by atoms with Gasteiger partial charge in [0.05, 0.1) is 10.7 Å². The minimum absolute atomic E-state index is 0.0845. The highest BCUT2D eigenvalue weighted by molar-refractivity contribution is 7.11. The normalized spacial score (nSPS) is 16.6. The highest BCUT2D eigenvalue weighted by Gasteiger charge is 2.30. The fourth-order valence-corrected chi connectivity index (χ4v) is 3.62. The monoisotopic (exact) mass is 292 g/mol. The highest BCUT2D eigenvalue weighted by atomic mass is 35.5. The topological polar surface area (TPSA) is 38.9 Å². The summed E-state index contributed by atoms with van der Waals surface area (Å²) in [5.41, 5.74) is 8.52. The van der Waals surface area contributed by atoms with Gasteiger partial charge in [-0.2, -0.15) is 0 Å². The zero-order valence-corrected chi connectivity index (χ0v) is 12.5. The second-order valence-electron chi connectivity index (χ2n) is 5.23.